The first-order valence-corrected chi connectivity index (χ1v) is 5.50. The van der Waals surface area contributed by atoms with Crippen LogP contribution in [0, 0.1) is 0 Å². The zero-order valence-electron chi connectivity index (χ0n) is 9.68. The molecule has 1 heterocycles. The van der Waals surface area contributed by atoms with Gasteiger partial charge in [-0.15, -0.1) is 0 Å². The zero-order valence-corrected chi connectivity index (χ0v) is 9.68. The fraction of sp³-hybridized carbons (Fsp3) is 0.250. The van der Waals surface area contributed by atoms with E-state index in [0.29, 0.717) is 5.56 Å². The van der Waals surface area contributed by atoms with Crippen LogP contribution < -0.4 is 11.1 Å². The second kappa shape index (κ2) is 4.97. The Morgan fingerprint density at radius 3 is 2.22 bits per heavy atom. The van der Waals surface area contributed by atoms with Gasteiger partial charge in [-0.1, -0.05) is 12.1 Å². The van der Waals surface area contributed by atoms with Gasteiger partial charge in [0, 0.05) is 5.56 Å². The SMILES string of the molecule is NC(=O)c1ccc(CN2C(=O)CNCC2=O)cc1. The molecule has 0 spiro atoms. The average molecular weight is 247 g/mol. The van der Waals surface area contributed by atoms with Gasteiger partial charge in [0.15, 0.2) is 0 Å². The second-order valence-corrected chi connectivity index (χ2v) is 4.04. The maximum Gasteiger partial charge on any atom is 0.248 e. The molecule has 94 valence electrons. The summed E-state index contributed by atoms with van der Waals surface area (Å²) in [6.07, 6.45) is 0. The molecule has 1 aromatic rings. The molecule has 18 heavy (non-hydrogen) atoms. The number of carbonyl (C=O) groups excluding carboxylic acids is 3. The summed E-state index contributed by atoms with van der Waals surface area (Å²) in [5.41, 5.74) is 6.31. The summed E-state index contributed by atoms with van der Waals surface area (Å²) < 4.78 is 0. The normalized spacial score (nSPS) is 15.9. The zero-order chi connectivity index (χ0) is 13.1. The lowest BCUT2D eigenvalue weighted by atomic mass is 10.1. The molecule has 1 aliphatic rings. The first kappa shape index (κ1) is 12.3. The van der Waals surface area contributed by atoms with E-state index in [4.69, 9.17) is 5.73 Å². The minimum absolute atomic E-state index is 0.172. The molecule has 3 amide bonds. The fourth-order valence-electron chi connectivity index (χ4n) is 1.74. The quantitative estimate of drug-likeness (QED) is 0.687. The molecule has 2 rings (SSSR count). The van der Waals surface area contributed by atoms with E-state index in [9.17, 15) is 14.4 Å². The average Bonchev–Trinajstić information content (AvgIpc) is 2.34. The van der Waals surface area contributed by atoms with Crippen molar-refractivity contribution < 1.29 is 14.4 Å². The molecule has 0 bridgehead atoms. The number of hydrogen-bond acceptors (Lipinski definition) is 4. The van der Waals surface area contributed by atoms with Gasteiger partial charge in [0.25, 0.3) is 0 Å². The second-order valence-electron chi connectivity index (χ2n) is 4.04. The Kier molecular flexibility index (Phi) is 3.38. The van der Waals surface area contributed by atoms with Crippen molar-refractivity contribution in [2.75, 3.05) is 13.1 Å². The third kappa shape index (κ3) is 2.54. The van der Waals surface area contributed by atoms with E-state index in [2.05, 4.69) is 5.32 Å². The summed E-state index contributed by atoms with van der Waals surface area (Å²) in [7, 11) is 0. The molecule has 6 heteroatoms. The standard InChI is InChI=1S/C12H13N3O3/c13-12(18)9-3-1-8(2-4-9)7-15-10(16)5-14-6-11(15)17/h1-4,14H,5-7H2,(H2,13,18). The number of primary amides is 1. The molecule has 3 N–H and O–H groups in total. The van der Waals surface area contributed by atoms with Crippen molar-refractivity contribution in [1.82, 2.24) is 10.2 Å². The molecule has 0 atom stereocenters. The molecule has 0 unspecified atom stereocenters. The van der Waals surface area contributed by atoms with Crippen molar-refractivity contribution in [3.63, 3.8) is 0 Å². The van der Waals surface area contributed by atoms with Crippen molar-refractivity contribution in [1.29, 1.82) is 0 Å². The maximum atomic E-state index is 11.6. The Morgan fingerprint density at radius 2 is 1.72 bits per heavy atom. The first-order chi connectivity index (χ1) is 8.58. The number of piperazine rings is 1. The number of nitrogens with zero attached hydrogens (tertiary/aromatic N) is 1. The van der Waals surface area contributed by atoms with E-state index in [0.717, 1.165) is 5.56 Å². The van der Waals surface area contributed by atoms with E-state index in [1.165, 1.54) is 4.90 Å². The summed E-state index contributed by atoms with van der Waals surface area (Å²) in [4.78, 5) is 35.2. The number of amides is 3. The molecular weight excluding hydrogens is 234 g/mol. The number of hydrogen-bond donors (Lipinski definition) is 2. The van der Waals surface area contributed by atoms with Crippen LogP contribution in [0.25, 0.3) is 0 Å². The first-order valence-electron chi connectivity index (χ1n) is 5.50. The minimum Gasteiger partial charge on any atom is -0.366 e. The van der Waals surface area contributed by atoms with Crippen LogP contribution in [0.2, 0.25) is 0 Å². The van der Waals surface area contributed by atoms with E-state index in [-0.39, 0.29) is 31.4 Å². The van der Waals surface area contributed by atoms with Gasteiger partial charge in [0.05, 0.1) is 19.6 Å². The predicted octanol–water partition coefficient (Wildman–Crippen LogP) is -0.756. The minimum atomic E-state index is -0.504. The molecule has 1 saturated heterocycles. The highest BCUT2D eigenvalue weighted by Crippen LogP contribution is 2.09. The number of rotatable bonds is 3. The predicted molar refractivity (Wildman–Crippen MR) is 63.4 cm³/mol. The van der Waals surface area contributed by atoms with Gasteiger partial charge in [-0.3, -0.25) is 24.6 Å². The topological polar surface area (TPSA) is 92.5 Å². The van der Waals surface area contributed by atoms with Crippen molar-refractivity contribution >= 4 is 17.7 Å². The molecule has 6 nitrogen and oxygen atoms in total. The van der Waals surface area contributed by atoms with Crippen LogP contribution in [-0.4, -0.2) is 35.7 Å². The lowest BCUT2D eigenvalue weighted by Gasteiger charge is -2.25. The summed E-state index contributed by atoms with van der Waals surface area (Å²) in [6, 6.07) is 6.52. The van der Waals surface area contributed by atoms with Crippen LogP contribution in [0.1, 0.15) is 15.9 Å². The third-order valence-corrected chi connectivity index (χ3v) is 2.73. The van der Waals surface area contributed by atoms with Crippen LogP contribution in [0.4, 0.5) is 0 Å². The van der Waals surface area contributed by atoms with E-state index < -0.39 is 5.91 Å². The van der Waals surface area contributed by atoms with Crippen LogP contribution in [0.5, 0.6) is 0 Å². The van der Waals surface area contributed by atoms with Crippen LogP contribution >= 0.6 is 0 Å². The lowest BCUT2D eigenvalue weighted by Crippen LogP contribution is -2.51. The van der Waals surface area contributed by atoms with Crippen LogP contribution in [0.15, 0.2) is 24.3 Å². The third-order valence-electron chi connectivity index (χ3n) is 2.73. The van der Waals surface area contributed by atoms with Crippen molar-refractivity contribution in [2.24, 2.45) is 5.73 Å². The summed E-state index contributed by atoms with van der Waals surface area (Å²) in [6.45, 7) is 0.564. The highest BCUT2D eigenvalue weighted by Gasteiger charge is 2.25. The highest BCUT2D eigenvalue weighted by molar-refractivity contribution is 5.99. The van der Waals surface area contributed by atoms with Gasteiger partial charge in [-0.05, 0) is 17.7 Å². The van der Waals surface area contributed by atoms with Gasteiger partial charge in [-0.25, -0.2) is 0 Å². The number of nitrogens with one attached hydrogen (secondary N) is 1. The number of carbonyl (C=O) groups is 3. The summed E-state index contributed by atoms with van der Waals surface area (Å²) >= 11 is 0. The summed E-state index contributed by atoms with van der Waals surface area (Å²) in [5.74, 6) is -0.994. The van der Waals surface area contributed by atoms with Gasteiger partial charge in [0.2, 0.25) is 17.7 Å². The largest absolute Gasteiger partial charge is 0.366 e. The summed E-state index contributed by atoms with van der Waals surface area (Å²) in [5, 5.41) is 2.72. The number of nitrogens with two attached hydrogens (primary N) is 1. The Labute approximate surface area is 104 Å². The maximum absolute atomic E-state index is 11.6. The Balaban J connectivity index is 2.11. The van der Waals surface area contributed by atoms with E-state index >= 15 is 0 Å². The molecule has 1 aromatic carbocycles. The van der Waals surface area contributed by atoms with Crippen molar-refractivity contribution in [2.45, 2.75) is 6.54 Å². The Morgan fingerprint density at radius 1 is 1.17 bits per heavy atom. The van der Waals surface area contributed by atoms with E-state index in [1.54, 1.807) is 24.3 Å². The van der Waals surface area contributed by atoms with Gasteiger partial charge >= 0.3 is 0 Å². The van der Waals surface area contributed by atoms with Gasteiger partial charge < -0.3 is 5.73 Å². The van der Waals surface area contributed by atoms with Crippen molar-refractivity contribution in [3.8, 4) is 0 Å². The Bertz CT molecular complexity index is 480. The molecule has 0 radical (unpaired) electrons. The monoisotopic (exact) mass is 247 g/mol. The highest BCUT2D eigenvalue weighted by atomic mass is 16.2. The molecule has 1 fully saturated rings. The fourth-order valence-corrected chi connectivity index (χ4v) is 1.74. The molecular formula is C12H13N3O3. The molecule has 0 aliphatic carbocycles. The van der Waals surface area contributed by atoms with Crippen LogP contribution in [0.3, 0.4) is 0 Å². The molecule has 1 aliphatic heterocycles. The van der Waals surface area contributed by atoms with Gasteiger partial charge in [-0.2, -0.15) is 0 Å². The number of benzene rings is 1. The van der Waals surface area contributed by atoms with Crippen molar-refractivity contribution in [3.05, 3.63) is 35.4 Å². The number of imide groups is 1. The Hall–Kier alpha value is -2.21. The lowest BCUT2D eigenvalue weighted by molar-refractivity contribution is -0.147. The van der Waals surface area contributed by atoms with E-state index in [1.807, 2.05) is 0 Å². The van der Waals surface area contributed by atoms with Crippen LogP contribution in [-0.2, 0) is 16.1 Å². The smallest absolute Gasteiger partial charge is 0.248 e. The van der Waals surface area contributed by atoms with Gasteiger partial charge in [0.1, 0.15) is 0 Å². The molecule has 0 saturated carbocycles. The molecule has 0 aromatic heterocycles.